The predicted molar refractivity (Wildman–Crippen MR) is 71.7 cm³/mol. The second-order valence-electron chi connectivity index (χ2n) is 5.35. The average Bonchev–Trinajstić information content (AvgIpc) is 2.33. The zero-order valence-electron chi connectivity index (χ0n) is 12.3. The van der Waals surface area contributed by atoms with Crippen LogP contribution in [0.15, 0.2) is 24.3 Å². The second kappa shape index (κ2) is 6.67. The summed E-state index contributed by atoms with van der Waals surface area (Å²) in [4.78, 5) is 23.2. The van der Waals surface area contributed by atoms with Crippen LogP contribution in [-0.2, 0) is 4.74 Å². The molecule has 0 aliphatic heterocycles. The molecular formula is C14H16F3NO4. The number of Topliss-reactive ketones (excluding diaryl/α,β-unsaturated/α-hetero) is 1. The maximum Gasteiger partial charge on any atom is 0.573 e. The summed E-state index contributed by atoms with van der Waals surface area (Å²) >= 11 is 0. The minimum atomic E-state index is -4.79. The zero-order chi connectivity index (χ0) is 17.0. The molecule has 0 heterocycles. The largest absolute Gasteiger partial charge is 0.573 e. The van der Waals surface area contributed by atoms with Gasteiger partial charge < -0.3 is 14.8 Å². The molecule has 0 saturated carbocycles. The SMILES string of the molecule is CC(C)(C)OC(=O)NCC(=O)c1ccc(OC(F)(F)F)cc1. The van der Waals surface area contributed by atoms with E-state index in [0.717, 1.165) is 12.1 Å². The van der Waals surface area contributed by atoms with Crippen molar-refractivity contribution in [1.82, 2.24) is 5.32 Å². The van der Waals surface area contributed by atoms with E-state index in [1.165, 1.54) is 12.1 Å². The third kappa shape index (κ3) is 6.96. The molecule has 122 valence electrons. The Morgan fingerprint density at radius 1 is 1.09 bits per heavy atom. The summed E-state index contributed by atoms with van der Waals surface area (Å²) < 4.78 is 44.6. The van der Waals surface area contributed by atoms with Gasteiger partial charge in [-0.1, -0.05) is 0 Å². The monoisotopic (exact) mass is 319 g/mol. The third-order valence-electron chi connectivity index (χ3n) is 2.20. The molecule has 0 bridgehead atoms. The highest BCUT2D eigenvalue weighted by Crippen LogP contribution is 2.22. The van der Waals surface area contributed by atoms with Gasteiger partial charge >= 0.3 is 12.5 Å². The number of alkyl halides is 3. The lowest BCUT2D eigenvalue weighted by molar-refractivity contribution is -0.274. The number of ether oxygens (including phenoxy) is 2. The van der Waals surface area contributed by atoms with Gasteiger partial charge in [-0.3, -0.25) is 4.79 Å². The quantitative estimate of drug-likeness (QED) is 0.865. The Balaban J connectivity index is 2.54. The van der Waals surface area contributed by atoms with E-state index in [1.54, 1.807) is 20.8 Å². The number of rotatable bonds is 4. The maximum atomic E-state index is 12.0. The van der Waals surface area contributed by atoms with Gasteiger partial charge in [-0.15, -0.1) is 13.2 Å². The van der Waals surface area contributed by atoms with Crippen LogP contribution in [0.4, 0.5) is 18.0 Å². The molecule has 0 aliphatic carbocycles. The van der Waals surface area contributed by atoms with E-state index < -0.39 is 29.6 Å². The number of nitrogens with one attached hydrogen (secondary N) is 1. The van der Waals surface area contributed by atoms with Crippen LogP contribution in [0.25, 0.3) is 0 Å². The van der Waals surface area contributed by atoms with Crippen LogP contribution in [0.1, 0.15) is 31.1 Å². The topological polar surface area (TPSA) is 64.6 Å². The molecule has 1 amide bonds. The van der Waals surface area contributed by atoms with Crippen molar-refractivity contribution in [3.63, 3.8) is 0 Å². The number of alkyl carbamates (subject to hydrolysis) is 1. The Hall–Kier alpha value is -2.25. The summed E-state index contributed by atoms with van der Waals surface area (Å²) in [7, 11) is 0. The van der Waals surface area contributed by atoms with Gasteiger partial charge in [0.15, 0.2) is 5.78 Å². The molecule has 8 heteroatoms. The lowest BCUT2D eigenvalue weighted by Crippen LogP contribution is -2.35. The van der Waals surface area contributed by atoms with Crippen LogP contribution in [-0.4, -0.2) is 30.4 Å². The van der Waals surface area contributed by atoms with Crippen molar-refractivity contribution in [3.05, 3.63) is 29.8 Å². The summed E-state index contributed by atoms with van der Waals surface area (Å²) in [5.74, 6) is -0.895. The van der Waals surface area contributed by atoms with E-state index in [9.17, 15) is 22.8 Å². The molecule has 0 atom stereocenters. The highest BCUT2D eigenvalue weighted by Gasteiger charge is 2.31. The molecule has 0 radical (unpaired) electrons. The summed E-state index contributed by atoms with van der Waals surface area (Å²) in [6.45, 7) is 4.70. The standard InChI is InChI=1S/C14H16F3NO4/c1-13(2,3)22-12(20)18-8-11(19)9-4-6-10(7-5-9)21-14(15,16)17/h4-7H,8H2,1-3H3,(H,18,20). The van der Waals surface area contributed by atoms with Crippen molar-refractivity contribution in [2.24, 2.45) is 0 Å². The lowest BCUT2D eigenvalue weighted by atomic mass is 10.1. The fourth-order valence-corrected chi connectivity index (χ4v) is 1.41. The summed E-state index contributed by atoms with van der Waals surface area (Å²) in [6.07, 6.45) is -5.54. The van der Waals surface area contributed by atoms with Gasteiger partial charge in [-0.25, -0.2) is 4.79 Å². The number of ketones is 1. The zero-order valence-corrected chi connectivity index (χ0v) is 12.3. The number of hydrogen-bond donors (Lipinski definition) is 1. The molecule has 0 saturated heterocycles. The van der Waals surface area contributed by atoms with Crippen molar-refractivity contribution < 1.29 is 32.2 Å². The fraction of sp³-hybridized carbons (Fsp3) is 0.429. The van der Waals surface area contributed by atoms with Gasteiger partial charge in [0.05, 0.1) is 6.54 Å². The number of benzene rings is 1. The van der Waals surface area contributed by atoms with Gasteiger partial charge in [0.2, 0.25) is 0 Å². The predicted octanol–water partition coefficient (Wildman–Crippen LogP) is 3.29. The minimum absolute atomic E-state index is 0.144. The van der Waals surface area contributed by atoms with Crippen molar-refractivity contribution in [2.45, 2.75) is 32.7 Å². The summed E-state index contributed by atoms with van der Waals surface area (Å²) in [6, 6.07) is 4.41. The van der Waals surface area contributed by atoms with E-state index in [-0.39, 0.29) is 12.1 Å². The Kier molecular flexibility index (Phi) is 5.40. The smallest absolute Gasteiger partial charge is 0.444 e. The maximum absolute atomic E-state index is 12.0. The van der Waals surface area contributed by atoms with Gasteiger partial charge in [0.1, 0.15) is 11.4 Å². The molecule has 0 fully saturated rings. The first-order chi connectivity index (χ1) is 9.96. The van der Waals surface area contributed by atoms with Gasteiger partial charge in [0, 0.05) is 5.56 Å². The van der Waals surface area contributed by atoms with Gasteiger partial charge in [-0.05, 0) is 45.0 Å². The van der Waals surface area contributed by atoms with E-state index in [2.05, 4.69) is 10.1 Å². The molecule has 5 nitrogen and oxygen atoms in total. The first-order valence-corrected chi connectivity index (χ1v) is 6.32. The highest BCUT2D eigenvalue weighted by atomic mass is 19.4. The van der Waals surface area contributed by atoms with Crippen LogP contribution in [0.2, 0.25) is 0 Å². The molecular weight excluding hydrogens is 303 g/mol. The number of carbonyl (C=O) groups is 2. The minimum Gasteiger partial charge on any atom is -0.444 e. The molecule has 22 heavy (non-hydrogen) atoms. The van der Waals surface area contributed by atoms with Crippen molar-refractivity contribution in [2.75, 3.05) is 6.54 Å². The van der Waals surface area contributed by atoms with Crippen LogP contribution in [0.3, 0.4) is 0 Å². The summed E-state index contributed by atoms with van der Waals surface area (Å²) in [5.41, 5.74) is -0.547. The highest BCUT2D eigenvalue weighted by molar-refractivity contribution is 5.98. The third-order valence-corrected chi connectivity index (χ3v) is 2.20. The first kappa shape index (κ1) is 17.8. The van der Waals surface area contributed by atoms with Gasteiger partial charge in [-0.2, -0.15) is 0 Å². The molecule has 1 aromatic carbocycles. The van der Waals surface area contributed by atoms with Crippen LogP contribution < -0.4 is 10.1 Å². The van der Waals surface area contributed by atoms with E-state index in [0.29, 0.717) is 0 Å². The van der Waals surface area contributed by atoms with Crippen molar-refractivity contribution >= 4 is 11.9 Å². The number of halogens is 3. The Morgan fingerprint density at radius 2 is 1.64 bits per heavy atom. The molecule has 1 N–H and O–H groups in total. The first-order valence-electron chi connectivity index (χ1n) is 6.32. The van der Waals surface area contributed by atoms with Crippen LogP contribution in [0.5, 0.6) is 5.75 Å². The molecule has 0 unspecified atom stereocenters. The number of hydrogen-bond acceptors (Lipinski definition) is 4. The van der Waals surface area contributed by atoms with E-state index in [1.807, 2.05) is 0 Å². The molecule has 0 aromatic heterocycles. The summed E-state index contributed by atoms with van der Waals surface area (Å²) in [5, 5.41) is 2.27. The Bertz CT molecular complexity index is 533. The molecule has 0 aliphatic rings. The van der Waals surface area contributed by atoms with Crippen LogP contribution in [0, 0.1) is 0 Å². The fourth-order valence-electron chi connectivity index (χ4n) is 1.41. The average molecular weight is 319 g/mol. The normalized spacial score (nSPS) is 11.7. The number of carbonyl (C=O) groups excluding carboxylic acids is 2. The van der Waals surface area contributed by atoms with E-state index >= 15 is 0 Å². The van der Waals surface area contributed by atoms with E-state index in [4.69, 9.17) is 4.74 Å². The van der Waals surface area contributed by atoms with Crippen molar-refractivity contribution in [3.8, 4) is 5.75 Å². The second-order valence-corrected chi connectivity index (χ2v) is 5.35. The molecule has 1 aromatic rings. The molecule has 0 spiro atoms. The van der Waals surface area contributed by atoms with Crippen LogP contribution >= 0.6 is 0 Å². The Labute approximate surface area is 125 Å². The Morgan fingerprint density at radius 3 is 2.09 bits per heavy atom. The van der Waals surface area contributed by atoms with Gasteiger partial charge in [0.25, 0.3) is 0 Å². The lowest BCUT2D eigenvalue weighted by Gasteiger charge is -2.19. The number of amides is 1. The molecule has 1 rings (SSSR count). The van der Waals surface area contributed by atoms with Crippen molar-refractivity contribution in [1.29, 1.82) is 0 Å².